The van der Waals surface area contributed by atoms with Gasteiger partial charge in [0, 0.05) is 12.6 Å². The number of likely N-dealkylation sites (N-methyl/N-ethyl adjacent to an activating group) is 1. The maximum Gasteiger partial charge on any atom is 0.344 e. The summed E-state index contributed by atoms with van der Waals surface area (Å²) in [6, 6.07) is 7.81. The van der Waals surface area contributed by atoms with Crippen LogP contribution in [0.1, 0.15) is 18.9 Å². The van der Waals surface area contributed by atoms with E-state index in [4.69, 9.17) is 14.7 Å². The van der Waals surface area contributed by atoms with Gasteiger partial charge in [-0.15, -0.1) is 0 Å². The normalized spacial score (nSPS) is 17.9. The minimum Gasteiger partial charge on any atom is -0.482 e. The van der Waals surface area contributed by atoms with Crippen LogP contribution < -0.4 is 4.74 Å². The van der Waals surface area contributed by atoms with E-state index in [1.807, 2.05) is 6.07 Å². The predicted octanol–water partition coefficient (Wildman–Crippen LogP) is 0.516. The summed E-state index contributed by atoms with van der Waals surface area (Å²) in [5.41, 5.74) is 0.471. The summed E-state index contributed by atoms with van der Waals surface area (Å²) in [7, 11) is -3.10. The van der Waals surface area contributed by atoms with E-state index >= 15 is 0 Å². The Bertz CT molecular complexity index is 798. The van der Waals surface area contributed by atoms with E-state index in [2.05, 4.69) is 0 Å². The number of hydrogen-bond acceptors (Lipinski definition) is 7. The second-order valence-electron chi connectivity index (χ2n) is 5.82. The first kappa shape index (κ1) is 19.7. The molecule has 0 aromatic heterocycles. The van der Waals surface area contributed by atoms with Gasteiger partial charge in [-0.25, -0.2) is 13.2 Å². The zero-order valence-corrected chi connectivity index (χ0v) is 15.2. The van der Waals surface area contributed by atoms with E-state index in [9.17, 15) is 18.0 Å². The Morgan fingerprint density at radius 3 is 2.50 bits per heavy atom. The van der Waals surface area contributed by atoms with E-state index in [1.54, 1.807) is 31.2 Å². The molecule has 1 heterocycles. The monoisotopic (exact) mass is 380 g/mol. The molecular weight excluding hydrogens is 360 g/mol. The van der Waals surface area contributed by atoms with Crippen molar-refractivity contribution in [1.82, 2.24) is 4.90 Å². The fraction of sp³-hybridized carbons (Fsp3) is 0.471. The quantitative estimate of drug-likeness (QED) is 0.633. The van der Waals surface area contributed by atoms with Crippen LogP contribution in [0.15, 0.2) is 24.3 Å². The van der Waals surface area contributed by atoms with E-state index < -0.39 is 28.3 Å². The molecule has 1 aromatic carbocycles. The van der Waals surface area contributed by atoms with Gasteiger partial charge in [0.1, 0.15) is 5.75 Å². The van der Waals surface area contributed by atoms with Gasteiger partial charge in [-0.2, -0.15) is 5.26 Å². The van der Waals surface area contributed by atoms with Crippen LogP contribution in [0, 0.1) is 11.3 Å². The molecule has 1 aliphatic rings. The SMILES string of the molecule is CCN(C(=O)COC(=O)COc1ccc(C#N)cc1)[C@H]1CCS(=O)(=O)C1. The summed E-state index contributed by atoms with van der Waals surface area (Å²) < 4.78 is 33.2. The van der Waals surface area contributed by atoms with Gasteiger partial charge in [-0.3, -0.25) is 4.79 Å². The standard InChI is InChI=1S/C17H20N2O6S/c1-2-19(14-7-8-26(22,23)12-14)16(20)10-25-17(21)11-24-15-5-3-13(9-18)4-6-15/h3-6,14H,2,7-8,10-12H2,1H3/t14-/m0/s1. The van der Waals surface area contributed by atoms with Crippen molar-refractivity contribution >= 4 is 21.7 Å². The van der Waals surface area contributed by atoms with Crippen LogP contribution in [0.25, 0.3) is 0 Å². The van der Waals surface area contributed by atoms with Gasteiger partial charge in [0.05, 0.1) is 23.1 Å². The van der Waals surface area contributed by atoms with Gasteiger partial charge < -0.3 is 14.4 Å². The van der Waals surface area contributed by atoms with Crippen molar-refractivity contribution in [3.63, 3.8) is 0 Å². The van der Waals surface area contributed by atoms with Crippen molar-refractivity contribution in [3.8, 4) is 11.8 Å². The zero-order chi connectivity index (χ0) is 19.2. The number of amides is 1. The fourth-order valence-corrected chi connectivity index (χ4v) is 4.42. The van der Waals surface area contributed by atoms with Crippen molar-refractivity contribution in [1.29, 1.82) is 5.26 Å². The molecule has 8 nitrogen and oxygen atoms in total. The van der Waals surface area contributed by atoms with Crippen molar-refractivity contribution in [2.75, 3.05) is 31.3 Å². The van der Waals surface area contributed by atoms with Crippen LogP contribution >= 0.6 is 0 Å². The molecular formula is C17H20N2O6S. The molecule has 1 aliphatic heterocycles. The lowest BCUT2D eigenvalue weighted by Crippen LogP contribution is -2.43. The lowest BCUT2D eigenvalue weighted by atomic mass is 10.2. The van der Waals surface area contributed by atoms with E-state index in [1.165, 1.54) is 4.90 Å². The third kappa shape index (κ3) is 5.46. The molecule has 1 amide bonds. The highest BCUT2D eigenvalue weighted by Gasteiger charge is 2.34. The average Bonchev–Trinajstić information content (AvgIpc) is 2.98. The van der Waals surface area contributed by atoms with Crippen LogP contribution in [-0.4, -0.2) is 62.5 Å². The lowest BCUT2D eigenvalue weighted by Gasteiger charge is -2.26. The Balaban J connectivity index is 1.78. The van der Waals surface area contributed by atoms with Gasteiger partial charge in [-0.1, -0.05) is 0 Å². The van der Waals surface area contributed by atoms with Crippen LogP contribution in [0.2, 0.25) is 0 Å². The highest BCUT2D eigenvalue weighted by molar-refractivity contribution is 7.91. The van der Waals surface area contributed by atoms with Crippen molar-refractivity contribution < 1.29 is 27.5 Å². The Kier molecular flexibility index (Phi) is 6.58. The summed E-state index contributed by atoms with van der Waals surface area (Å²) in [5, 5.41) is 8.71. The molecule has 0 radical (unpaired) electrons. The molecule has 26 heavy (non-hydrogen) atoms. The Morgan fingerprint density at radius 1 is 1.27 bits per heavy atom. The Hall–Kier alpha value is -2.60. The second-order valence-corrected chi connectivity index (χ2v) is 8.05. The molecule has 1 aromatic rings. The molecule has 2 rings (SSSR count). The van der Waals surface area contributed by atoms with Gasteiger partial charge in [0.25, 0.3) is 5.91 Å². The third-order valence-electron chi connectivity index (χ3n) is 4.01. The first-order valence-corrected chi connectivity index (χ1v) is 9.95. The van der Waals surface area contributed by atoms with Gasteiger partial charge >= 0.3 is 5.97 Å². The number of sulfone groups is 1. The van der Waals surface area contributed by atoms with Gasteiger partial charge in [0.15, 0.2) is 23.1 Å². The van der Waals surface area contributed by atoms with E-state index in [-0.39, 0.29) is 24.2 Å². The highest BCUT2D eigenvalue weighted by atomic mass is 32.2. The molecule has 0 bridgehead atoms. The molecule has 140 valence electrons. The molecule has 0 unspecified atom stereocenters. The first-order chi connectivity index (χ1) is 12.3. The largest absolute Gasteiger partial charge is 0.482 e. The average molecular weight is 380 g/mol. The third-order valence-corrected chi connectivity index (χ3v) is 5.76. The first-order valence-electron chi connectivity index (χ1n) is 8.13. The molecule has 1 fully saturated rings. The topological polar surface area (TPSA) is 114 Å². The minimum atomic E-state index is -3.10. The number of nitrogens with zero attached hydrogens (tertiary/aromatic N) is 2. The lowest BCUT2D eigenvalue weighted by molar-refractivity contribution is -0.154. The molecule has 0 spiro atoms. The highest BCUT2D eigenvalue weighted by Crippen LogP contribution is 2.18. The van der Waals surface area contributed by atoms with Gasteiger partial charge in [0.2, 0.25) is 0 Å². The second kappa shape index (κ2) is 8.67. The van der Waals surface area contributed by atoms with Crippen molar-refractivity contribution in [2.24, 2.45) is 0 Å². The maximum absolute atomic E-state index is 12.2. The Labute approximate surface area is 152 Å². The minimum absolute atomic E-state index is 0.0532. The van der Waals surface area contributed by atoms with Crippen LogP contribution in [-0.2, 0) is 24.2 Å². The number of hydrogen-bond donors (Lipinski definition) is 0. The maximum atomic E-state index is 12.2. The van der Waals surface area contributed by atoms with Crippen LogP contribution in [0.3, 0.4) is 0 Å². The Morgan fingerprint density at radius 2 is 1.96 bits per heavy atom. The molecule has 0 aliphatic carbocycles. The van der Waals surface area contributed by atoms with Crippen LogP contribution in [0.5, 0.6) is 5.75 Å². The summed E-state index contributed by atoms with van der Waals surface area (Å²) in [4.78, 5) is 25.3. The number of benzene rings is 1. The smallest absolute Gasteiger partial charge is 0.344 e. The number of esters is 1. The summed E-state index contributed by atoms with van der Waals surface area (Å²) >= 11 is 0. The fourth-order valence-electron chi connectivity index (χ4n) is 2.69. The predicted molar refractivity (Wildman–Crippen MR) is 92.1 cm³/mol. The number of nitriles is 1. The van der Waals surface area contributed by atoms with Crippen molar-refractivity contribution in [2.45, 2.75) is 19.4 Å². The summed E-state index contributed by atoms with van der Waals surface area (Å²) in [5.74, 6) is -0.722. The number of ether oxygens (including phenoxy) is 2. The van der Waals surface area contributed by atoms with E-state index in [0.717, 1.165) is 0 Å². The molecule has 0 N–H and O–H groups in total. The molecule has 1 atom stereocenters. The summed E-state index contributed by atoms with van der Waals surface area (Å²) in [6.45, 7) is 1.26. The van der Waals surface area contributed by atoms with Gasteiger partial charge in [-0.05, 0) is 37.6 Å². The van der Waals surface area contributed by atoms with Crippen molar-refractivity contribution in [3.05, 3.63) is 29.8 Å². The number of carbonyl (C=O) groups is 2. The molecule has 9 heteroatoms. The molecule has 0 saturated carbocycles. The molecule has 1 saturated heterocycles. The summed E-state index contributed by atoms with van der Waals surface area (Å²) in [6.07, 6.45) is 0.400. The van der Waals surface area contributed by atoms with E-state index in [0.29, 0.717) is 24.3 Å². The zero-order valence-electron chi connectivity index (χ0n) is 14.4. The van der Waals surface area contributed by atoms with Crippen LogP contribution in [0.4, 0.5) is 0 Å². The number of carbonyl (C=O) groups excluding carboxylic acids is 2. The number of rotatable bonds is 7.